The molecule has 4 nitrogen and oxygen atoms in total. The molecule has 108 valence electrons. The number of hydrogen-bond acceptors (Lipinski definition) is 3. The number of nitrogens with zero attached hydrogens (tertiary/aromatic N) is 2. The Kier molecular flexibility index (Phi) is 5.40. The molecule has 1 saturated heterocycles. The van der Waals surface area contributed by atoms with Gasteiger partial charge in [-0.05, 0) is 38.6 Å². The maximum absolute atomic E-state index is 5.65. The zero-order valence-electron chi connectivity index (χ0n) is 12.5. The van der Waals surface area contributed by atoms with Crippen molar-refractivity contribution in [1.82, 2.24) is 15.1 Å². The smallest absolute Gasteiger partial charge is 0.0638 e. The molecule has 0 bridgehead atoms. The molecule has 0 aliphatic carbocycles. The standard InChI is InChI=1S/C15H27N3O/c1-12(2)9-16-10-14-11-18(17-13(14)3)7-6-15-5-4-8-19-15/h11-12,15-16H,4-10H2,1-3H3. The molecule has 1 unspecified atom stereocenters. The second kappa shape index (κ2) is 7.06. The average molecular weight is 265 g/mol. The number of hydrogen-bond donors (Lipinski definition) is 1. The van der Waals surface area contributed by atoms with Gasteiger partial charge in [0.1, 0.15) is 0 Å². The summed E-state index contributed by atoms with van der Waals surface area (Å²) in [4.78, 5) is 0. The van der Waals surface area contributed by atoms with Crippen LogP contribution in [0.1, 0.15) is 44.4 Å². The summed E-state index contributed by atoms with van der Waals surface area (Å²) in [5.74, 6) is 0.690. The Balaban J connectivity index is 1.78. The Morgan fingerprint density at radius 2 is 2.37 bits per heavy atom. The van der Waals surface area contributed by atoms with Gasteiger partial charge in [0, 0.05) is 31.5 Å². The summed E-state index contributed by atoms with van der Waals surface area (Å²) in [6.07, 6.45) is 6.14. The maximum atomic E-state index is 5.65. The van der Waals surface area contributed by atoms with Crippen LogP contribution in [-0.4, -0.2) is 29.0 Å². The largest absolute Gasteiger partial charge is 0.378 e. The van der Waals surface area contributed by atoms with Crippen molar-refractivity contribution in [3.05, 3.63) is 17.5 Å². The highest BCUT2D eigenvalue weighted by Crippen LogP contribution is 2.16. The highest BCUT2D eigenvalue weighted by molar-refractivity contribution is 5.15. The van der Waals surface area contributed by atoms with Crippen LogP contribution >= 0.6 is 0 Å². The summed E-state index contributed by atoms with van der Waals surface area (Å²) in [7, 11) is 0. The minimum atomic E-state index is 0.451. The molecule has 1 aromatic rings. The topological polar surface area (TPSA) is 39.1 Å². The van der Waals surface area contributed by atoms with Crippen molar-refractivity contribution < 1.29 is 4.74 Å². The highest BCUT2D eigenvalue weighted by atomic mass is 16.5. The first-order valence-electron chi connectivity index (χ1n) is 7.50. The molecule has 0 amide bonds. The van der Waals surface area contributed by atoms with Gasteiger partial charge >= 0.3 is 0 Å². The quantitative estimate of drug-likeness (QED) is 0.823. The molecule has 19 heavy (non-hydrogen) atoms. The molecule has 2 heterocycles. The van der Waals surface area contributed by atoms with E-state index < -0.39 is 0 Å². The molecule has 1 aromatic heterocycles. The Morgan fingerprint density at radius 1 is 1.53 bits per heavy atom. The summed E-state index contributed by atoms with van der Waals surface area (Å²) in [6.45, 7) is 10.4. The van der Waals surface area contributed by atoms with Gasteiger partial charge in [-0.3, -0.25) is 4.68 Å². The summed E-state index contributed by atoms with van der Waals surface area (Å²) in [6, 6.07) is 0. The van der Waals surface area contributed by atoms with Gasteiger partial charge in [0.2, 0.25) is 0 Å². The van der Waals surface area contributed by atoms with E-state index in [1.54, 1.807) is 0 Å². The van der Waals surface area contributed by atoms with Crippen LogP contribution in [0.4, 0.5) is 0 Å². The third-order valence-corrected chi connectivity index (χ3v) is 3.62. The van der Waals surface area contributed by atoms with Crippen LogP contribution in [0.15, 0.2) is 6.20 Å². The van der Waals surface area contributed by atoms with E-state index >= 15 is 0 Å². The number of nitrogens with one attached hydrogen (secondary N) is 1. The van der Waals surface area contributed by atoms with E-state index in [4.69, 9.17) is 4.74 Å². The molecule has 2 rings (SSSR count). The molecule has 0 saturated carbocycles. The summed E-state index contributed by atoms with van der Waals surface area (Å²) in [5, 5.41) is 8.06. The number of aromatic nitrogens is 2. The van der Waals surface area contributed by atoms with Crippen LogP contribution < -0.4 is 5.32 Å². The maximum Gasteiger partial charge on any atom is 0.0638 e. The van der Waals surface area contributed by atoms with Crippen molar-refractivity contribution in [3.63, 3.8) is 0 Å². The van der Waals surface area contributed by atoms with Gasteiger partial charge < -0.3 is 10.1 Å². The molecular weight excluding hydrogens is 238 g/mol. The van der Waals surface area contributed by atoms with E-state index in [1.807, 2.05) is 0 Å². The van der Waals surface area contributed by atoms with Crippen molar-refractivity contribution >= 4 is 0 Å². The normalized spacial score (nSPS) is 19.5. The van der Waals surface area contributed by atoms with Gasteiger partial charge in [-0.1, -0.05) is 13.8 Å². The van der Waals surface area contributed by atoms with E-state index in [9.17, 15) is 0 Å². The lowest BCUT2D eigenvalue weighted by atomic mass is 10.2. The van der Waals surface area contributed by atoms with E-state index in [0.717, 1.165) is 38.4 Å². The van der Waals surface area contributed by atoms with Crippen LogP contribution in [0.2, 0.25) is 0 Å². The lowest BCUT2D eigenvalue weighted by molar-refractivity contribution is 0.0994. The first-order chi connectivity index (χ1) is 9.15. The molecule has 0 spiro atoms. The zero-order valence-corrected chi connectivity index (χ0v) is 12.5. The fraction of sp³-hybridized carbons (Fsp3) is 0.800. The minimum Gasteiger partial charge on any atom is -0.378 e. The number of ether oxygens (including phenoxy) is 1. The Bertz CT molecular complexity index is 381. The molecule has 1 aliphatic rings. The Hall–Kier alpha value is -0.870. The monoisotopic (exact) mass is 265 g/mol. The van der Waals surface area contributed by atoms with Crippen LogP contribution in [0.25, 0.3) is 0 Å². The highest BCUT2D eigenvalue weighted by Gasteiger charge is 2.15. The predicted octanol–water partition coefficient (Wildman–Crippen LogP) is 2.51. The van der Waals surface area contributed by atoms with Crippen LogP contribution in [0.5, 0.6) is 0 Å². The third-order valence-electron chi connectivity index (χ3n) is 3.62. The van der Waals surface area contributed by atoms with Crippen molar-refractivity contribution in [2.24, 2.45) is 5.92 Å². The summed E-state index contributed by atoms with van der Waals surface area (Å²) < 4.78 is 7.72. The van der Waals surface area contributed by atoms with Crippen LogP contribution in [-0.2, 0) is 17.8 Å². The molecule has 1 N–H and O–H groups in total. The first kappa shape index (κ1) is 14.5. The van der Waals surface area contributed by atoms with Crippen molar-refractivity contribution in [2.45, 2.75) is 59.2 Å². The van der Waals surface area contributed by atoms with Crippen molar-refractivity contribution in [3.8, 4) is 0 Å². The number of aryl methyl sites for hydroxylation is 2. The van der Waals surface area contributed by atoms with E-state index in [0.29, 0.717) is 12.0 Å². The van der Waals surface area contributed by atoms with Gasteiger partial charge in [0.15, 0.2) is 0 Å². The molecule has 0 radical (unpaired) electrons. The molecule has 0 aromatic carbocycles. The lowest BCUT2D eigenvalue weighted by Crippen LogP contribution is -2.19. The molecule has 1 fully saturated rings. The SMILES string of the molecule is Cc1nn(CCC2CCCO2)cc1CNCC(C)C. The van der Waals surface area contributed by atoms with Gasteiger partial charge in [-0.2, -0.15) is 5.10 Å². The summed E-state index contributed by atoms with van der Waals surface area (Å²) in [5.41, 5.74) is 2.46. The second-order valence-electron chi connectivity index (χ2n) is 5.95. The van der Waals surface area contributed by atoms with Gasteiger partial charge in [-0.15, -0.1) is 0 Å². The van der Waals surface area contributed by atoms with Gasteiger partial charge in [-0.25, -0.2) is 0 Å². The average Bonchev–Trinajstić information content (AvgIpc) is 2.97. The zero-order chi connectivity index (χ0) is 13.7. The first-order valence-corrected chi connectivity index (χ1v) is 7.50. The van der Waals surface area contributed by atoms with E-state index in [1.165, 1.54) is 18.4 Å². The molecule has 4 heteroatoms. The molecular formula is C15H27N3O. The van der Waals surface area contributed by atoms with Crippen LogP contribution in [0.3, 0.4) is 0 Å². The van der Waals surface area contributed by atoms with Crippen molar-refractivity contribution in [1.29, 1.82) is 0 Å². The van der Waals surface area contributed by atoms with E-state index in [-0.39, 0.29) is 0 Å². The molecule has 1 aliphatic heterocycles. The Labute approximate surface area is 116 Å². The van der Waals surface area contributed by atoms with Crippen LogP contribution in [0, 0.1) is 12.8 Å². The predicted molar refractivity (Wildman–Crippen MR) is 77.1 cm³/mol. The summed E-state index contributed by atoms with van der Waals surface area (Å²) >= 11 is 0. The van der Waals surface area contributed by atoms with E-state index in [2.05, 4.69) is 42.1 Å². The van der Waals surface area contributed by atoms with Crippen molar-refractivity contribution in [2.75, 3.05) is 13.2 Å². The minimum absolute atomic E-state index is 0.451. The fourth-order valence-electron chi connectivity index (χ4n) is 2.49. The second-order valence-corrected chi connectivity index (χ2v) is 5.95. The lowest BCUT2D eigenvalue weighted by Gasteiger charge is -2.08. The Morgan fingerprint density at radius 3 is 3.05 bits per heavy atom. The van der Waals surface area contributed by atoms with Gasteiger partial charge in [0.05, 0.1) is 11.8 Å². The van der Waals surface area contributed by atoms with Gasteiger partial charge in [0.25, 0.3) is 0 Å². The fourth-order valence-corrected chi connectivity index (χ4v) is 2.49. The number of rotatable bonds is 7. The third kappa shape index (κ3) is 4.62. The molecule has 1 atom stereocenters.